The Morgan fingerprint density at radius 2 is 2.00 bits per heavy atom. The highest BCUT2D eigenvalue weighted by molar-refractivity contribution is 6.05. The van der Waals surface area contributed by atoms with Gasteiger partial charge in [0.2, 0.25) is 5.90 Å². The Balaban J connectivity index is 1.94. The standard InChI is InChI=1S/C17H20N2O/c1-17(2,3)10-13-11-20-16(19-13)15-14-7-5-4-6-12(14)8-9-18-15/h4-9,13H,10-11H2,1-3H3/t13-/m0/s1. The molecule has 0 fully saturated rings. The Morgan fingerprint density at radius 1 is 1.20 bits per heavy atom. The summed E-state index contributed by atoms with van der Waals surface area (Å²) in [5, 5.41) is 2.27. The minimum Gasteiger partial charge on any atom is -0.474 e. The molecule has 0 N–H and O–H groups in total. The number of rotatable bonds is 2. The highest BCUT2D eigenvalue weighted by Gasteiger charge is 2.26. The first kappa shape index (κ1) is 13.1. The lowest BCUT2D eigenvalue weighted by atomic mass is 9.89. The van der Waals surface area contributed by atoms with Gasteiger partial charge in [-0.1, -0.05) is 45.0 Å². The monoisotopic (exact) mass is 268 g/mol. The van der Waals surface area contributed by atoms with E-state index in [1.165, 1.54) is 5.39 Å². The van der Waals surface area contributed by atoms with Crippen LogP contribution >= 0.6 is 0 Å². The first-order valence-electron chi connectivity index (χ1n) is 7.08. The molecule has 3 nitrogen and oxygen atoms in total. The maximum atomic E-state index is 5.79. The van der Waals surface area contributed by atoms with Crippen molar-refractivity contribution < 1.29 is 4.74 Å². The summed E-state index contributed by atoms with van der Waals surface area (Å²) < 4.78 is 5.79. The molecule has 1 aliphatic rings. The van der Waals surface area contributed by atoms with Gasteiger partial charge in [0.25, 0.3) is 0 Å². The third kappa shape index (κ3) is 2.67. The van der Waals surface area contributed by atoms with Gasteiger partial charge in [0.05, 0.1) is 6.04 Å². The number of aliphatic imine (C=N–C) groups is 1. The number of pyridine rings is 1. The van der Waals surface area contributed by atoms with Gasteiger partial charge < -0.3 is 4.74 Å². The zero-order chi connectivity index (χ0) is 14.2. The van der Waals surface area contributed by atoms with E-state index >= 15 is 0 Å². The number of hydrogen-bond acceptors (Lipinski definition) is 3. The summed E-state index contributed by atoms with van der Waals surface area (Å²) >= 11 is 0. The summed E-state index contributed by atoms with van der Waals surface area (Å²) in [5.41, 5.74) is 1.12. The van der Waals surface area contributed by atoms with Crippen molar-refractivity contribution >= 4 is 16.7 Å². The van der Waals surface area contributed by atoms with Crippen LogP contribution in [0.2, 0.25) is 0 Å². The molecule has 1 aromatic carbocycles. The summed E-state index contributed by atoms with van der Waals surface area (Å²) in [5.74, 6) is 0.691. The third-order valence-electron chi connectivity index (χ3n) is 3.44. The number of nitrogens with zero attached hydrogens (tertiary/aromatic N) is 2. The van der Waals surface area contributed by atoms with Crippen LogP contribution in [0.5, 0.6) is 0 Å². The molecule has 2 heterocycles. The highest BCUT2D eigenvalue weighted by atomic mass is 16.5. The molecule has 3 heteroatoms. The normalized spacial score (nSPS) is 18.9. The van der Waals surface area contributed by atoms with Crippen molar-refractivity contribution in [1.29, 1.82) is 0 Å². The fourth-order valence-corrected chi connectivity index (χ4v) is 2.65. The van der Waals surface area contributed by atoms with Crippen LogP contribution in [0.15, 0.2) is 41.5 Å². The Morgan fingerprint density at radius 3 is 2.80 bits per heavy atom. The van der Waals surface area contributed by atoms with Gasteiger partial charge in [0, 0.05) is 11.6 Å². The van der Waals surface area contributed by atoms with E-state index in [0.717, 1.165) is 17.5 Å². The second-order valence-electron chi connectivity index (χ2n) is 6.54. The van der Waals surface area contributed by atoms with Crippen molar-refractivity contribution in [1.82, 2.24) is 4.98 Å². The zero-order valence-electron chi connectivity index (χ0n) is 12.3. The zero-order valence-corrected chi connectivity index (χ0v) is 12.3. The molecule has 0 unspecified atom stereocenters. The second kappa shape index (κ2) is 4.89. The molecule has 0 bridgehead atoms. The fourth-order valence-electron chi connectivity index (χ4n) is 2.65. The Bertz CT molecular complexity index is 650. The van der Waals surface area contributed by atoms with E-state index in [-0.39, 0.29) is 11.5 Å². The van der Waals surface area contributed by atoms with E-state index in [0.29, 0.717) is 12.5 Å². The number of ether oxygens (including phenoxy) is 1. The number of benzene rings is 1. The van der Waals surface area contributed by atoms with Crippen molar-refractivity contribution in [2.24, 2.45) is 10.4 Å². The molecule has 1 atom stereocenters. The molecule has 0 aliphatic carbocycles. The van der Waals surface area contributed by atoms with Crippen molar-refractivity contribution in [3.8, 4) is 0 Å². The van der Waals surface area contributed by atoms with Gasteiger partial charge in [-0.05, 0) is 23.3 Å². The number of aromatic nitrogens is 1. The fraction of sp³-hybridized carbons (Fsp3) is 0.412. The van der Waals surface area contributed by atoms with Crippen LogP contribution in [-0.2, 0) is 4.74 Å². The van der Waals surface area contributed by atoms with Gasteiger partial charge in [-0.25, -0.2) is 4.99 Å². The molecule has 3 rings (SSSR count). The van der Waals surface area contributed by atoms with Crippen LogP contribution in [0, 0.1) is 5.41 Å². The largest absolute Gasteiger partial charge is 0.474 e. The Kier molecular flexibility index (Phi) is 3.20. The Hall–Kier alpha value is -1.90. The predicted octanol–water partition coefficient (Wildman–Crippen LogP) is 3.82. The SMILES string of the molecule is CC(C)(C)C[C@H]1COC(c2nccc3ccccc23)=N1. The van der Waals surface area contributed by atoms with Crippen LogP contribution in [0.25, 0.3) is 10.8 Å². The van der Waals surface area contributed by atoms with E-state index in [1.807, 2.05) is 24.4 Å². The van der Waals surface area contributed by atoms with Gasteiger partial charge >= 0.3 is 0 Å². The molecule has 104 valence electrons. The lowest BCUT2D eigenvalue weighted by molar-refractivity contribution is 0.267. The summed E-state index contributed by atoms with van der Waals surface area (Å²) in [6, 6.07) is 10.5. The molecule has 0 saturated heterocycles. The van der Waals surface area contributed by atoms with Crippen LogP contribution in [0.3, 0.4) is 0 Å². The van der Waals surface area contributed by atoms with E-state index in [1.54, 1.807) is 0 Å². The van der Waals surface area contributed by atoms with Gasteiger partial charge in [-0.3, -0.25) is 4.98 Å². The average molecular weight is 268 g/mol. The summed E-state index contributed by atoms with van der Waals surface area (Å²) in [7, 11) is 0. The lowest BCUT2D eigenvalue weighted by Crippen LogP contribution is -2.17. The minimum absolute atomic E-state index is 0.241. The summed E-state index contributed by atoms with van der Waals surface area (Å²) in [6.45, 7) is 7.36. The molecule has 0 amide bonds. The molecule has 2 aromatic rings. The molecular weight excluding hydrogens is 248 g/mol. The summed E-state index contributed by atoms with van der Waals surface area (Å²) in [4.78, 5) is 9.19. The molecule has 1 aromatic heterocycles. The molecular formula is C17H20N2O. The van der Waals surface area contributed by atoms with Crippen LogP contribution in [0.4, 0.5) is 0 Å². The van der Waals surface area contributed by atoms with Crippen molar-refractivity contribution in [2.45, 2.75) is 33.2 Å². The van der Waals surface area contributed by atoms with Crippen LogP contribution < -0.4 is 0 Å². The average Bonchev–Trinajstić information content (AvgIpc) is 2.84. The predicted molar refractivity (Wildman–Crippen MR) is 82.1 cm³/mol. The number of hydrogen-bond donors (Lipinski definition) is 0. The van der Waals surface area contributed by atoms with E-state index in [9.17, 15) is 0 Å². The molecule has 0 radical (unpaired) electrons. The molecule has 1 aliphatic heterocycles. The maximum Gasteiger partial charge on any atom is 0.236 e. The van der Waals surface area contributed by atoms with E-state index in [2.05, 4.69) is 37.9 Å². The van der Waals surface area contributed by atoms with Crippen molar-refractivity contribution in [3.05, 3.63) is 42.2 Å². The summed E-state index contributed by atoms with van der Waals surface area (Å²) in [6.07, 6.45) is 2.85. The maximum absolute atomic E-state index is 5.79. The number of fused-ring (bicyclic) bond motifs is 1. The van der Waals surface area contributed by atoms with Crippen molar-refractivity contribution in [3.63, 3.8) is 0 Å². The highest BCUT2D eigenvalue weighted by Crippen LogP contribution is 2.27. The smallest absolute Gasteiger partial charge is 0.236 e. The molecule has 0 spiro atoms. The molecule has 0 saturated carbocycles. The Labute approximate surface area is 119 Å². The van der Waals surface area contributed by atoms with Crippen LogP contribution in [0.1, 0.15) is 32.9 Å². The topological polar surface area (TPSA) is 34.5 Å². The third-order valence-corrected chi connectivity index (χ3v) is 3.44. The first-order valence-corrected chi connectivity index (χ1v) is 7.08. The first-order chi connectivity index (χ1) is 9.53. The van der Waals surface area contributed by atoms with Gasteiger partial charge in [0.15, 0.2) is 0 Å². The quantitative estimate of drug-likeness (QED) is 0.830. The van der Waals surface area contributed by atoms with Gasteiger partial charge in [0.1, 0.15) is 12.3 Å². The second-order valence-corrected chi connectivity index (χ2v) is 6.54. The van der Waals surface area contributed by atoms with Gasteiger partial charge in [-0.2, -0.15) is 0 Å². The lowest BCUT2D eigenvalue weighted by Gasteiger charge is -2.19. The minimum atomic E-state index is 0.241. The van der Waals surface area contributed by atoms with Crippen molar-refractivity contribution in [2.75, 3.05) is 6.61 Å². The van der Waals surface area contributed by atoms with E-state index in [4.69, 9.17) is 9.73 Å². The molecule has 20 heavy (non-hydrogen) atoms. The van der Waals surface area contributed by atoms with E-state index < -0.39 is 0 Å². The van der Waals surface area contributed by atoms with Gasteiger partial charge in [-0.15, -0.1) is 0 Å². The van der Waals surface area contributed by atoms with Crippen LogP contribution in [-0.4, -0.2) is 23.5 Å².